The molecule has 3 atom stereocenters. The van der Waals surface area contributed by atoms with E-state index in [4.69, 9.17) is 0 Å². The number of likely N-dealkylation sites (tertiary alicyclic amines) is 1. The molecule has 156 valence electrons. The smallest absolute Gasteiger partial charge is 0.319 e. The lowest BCUT2D eigenvalue weighted by Crippen LogP contribution is -2.54. The highest BCUT2D eigenvalue weighted by molar-refractivity contribution is 6.03. The van der Waals surface area contributed by atoms with Gasteiger partial charge < -0.3 is 15.7 Å². The number of para-hydroxylation sites is 1. The molecule has 1 heterocycles. The Morgan fingerprint density at radius 1 is 1.07 bits per heavy atom. The van der Waals surface area contributed by atoms with Crippen molar-refractivity contribution in [1.29, 1.82) is 0 Å². The number of carbonyl (C=O) groups excluding carboxylic acids is 2. The van der Waals surface area contributed by atoms with Gasteiger partial charge in [0, 0.05) is 24.8 Å². The van der Waals surface area contributed by atoms with Crippen molar-refractivity contribution < 1.29 is 19.5 Å². The highest BCUT2D eigenvalue weighted by atomic mass is 16.4. The number of rotatable bonds is 6. The summed E-state index contributed by atoms with van der Waals surface area (Å²) >= 11 is 0. The highest BCUT2D eigenvalue weighted by Gasteiger charge is 2.60. The van der Waals surface area contributed by atoms with Crippen LogP contribution in [-0.2, 0) is 14.4 Å². The minimum absolute atomic E-state index is 0.0215. The largest absolute Gasteiger partial charge is 0.480 e. The summed E-state index contributed by atoms with van der Waals surface area (Å²) in [5, 5.41) is 15.8. The third kappa shape index (κ3) is 4.01. The maximum absolute atomic E-state index is 13.0. The van der Waals surface area contributed by atoms with Gasteiger partial charge in [-0.1, -0.05) is 24.6 Å². The van der Waals surface area contributed by atoms with Gasteiger partial charge in [-0.05, 0) is 56.1 Å². The predicted octanol–water partition coefficient (Wildman–Crippen LogP) is 2.10. The molecule has 4 rings (SSSR count). The zero-order valence-electron chi connectivity index (χ0n) is 16.6. The minimum Gasteiger partial charge on any atom is -0.480 e. The number of fused-ring (bicyclic) bond motifs is 2. The van der Waals surface area contributed by atoms with Crippen LogP contribution in [0, 0.1) is 17.3 Å². The summed E-state index contributed by atoms with van der Waals surface area (Å²) in [4.78, 5) is 39.3. The second-order valence-corrected chi connectivity index (χ2v) is 8.79. The fourth-order valence-electron chi connectivity index (χ4n) is 5.44. The summed E-state index contributed by atoms with van der Waals surface area (Å²) < 4.78 is 0. The second kappa shape index (κ2) is 8.14. The standard InChI is InChI=1S/C22H29N3O4/c26-19(23-17-4-2-1-3-5-17)14-25-10-8-18(9-11-25)24-20(27)22(21(28)29)13-15-6-7-16(22)12-15/h1-5,15-16,18H,6-14H2,(H,23,26)(H,24,27)(H,28,29). The Kier molecular flexibility index (Phi) is 5.58. The van der Waals surface area contributed by atoms with Crippen LogP contribution in [0.3, 0.4) is 0 Å². The van der Waals surface area contributed by atoms with Gasteiger partial charge in [0.1, 0.15) is 5.41 Å². The molecule has 7 nitrogen and oxygen atoms in total. The van der Waals surface area contributed by atoms with Crippen molar-refractivity contribution in [2.24, 2.45) is 17.3 Å². The van der Waals surface area contributed by atoms with E-state index in [1.807, 2.05) is 30.3 Å². The van der Waals surface area contributed by atoms with E-state index in [1.54, 1.807) is 0 Å². The molecule has 1 aliphatic heterocycles. The molecule has 29 heavy (non-hydrogen) atoms. The lowest BCUT2D eigenvalue weighted by atomic mass is 9.72. The van der Waals surface area contributed by atoms with Gasteiger partial charge in [0.2, 0.25) is 11.8 Å². The van der Waals surface area contributed by atoms with Gasteiger partial charge in [-0.2, -0.15) is 0 Å². The lowest BCUT2D eigenvalue weighted by Gasteiger charge is -2.36. The van der Waals surface area contributed by atoms with Crippen LogP contribution in [0.25, 0.3) is 0 Å². The normalized spacial score (nSPS) is 29.5. The van der Waals surface area contributed by atoms with E-state index in [0.717, 1.165) is 37.8 Å². The first-order chi connectivity index (χ1) is 14.0. The average Bonchev–Trinajstić information content (AvgIpc) is 3.32. The third-order valence-electron chi connectivity index (χ3n) is 6.98. The summed E-state index contributed by atoms with van der Waals surface area (Å²) in [6.07, 6.45) is 4.71. The van der Waals surface area contributed by atoms with E-state index in [9.17, 15) is 19.5 Å². The minimum atomic E-state index is -1.23. The number of amides is 2. The van der Waals surface area contributed by atoms with E-state index < -0.39 is 11.4 Å². The number of aliphatic carboxylic acids is 1. The van der Waals surface area contributed by atoms with Crippen LogP contribution in [0.4, 0.5) is 5.69 Å². The molecule has 0 radical (unpaired) electrons. The number of hydrogen-bond acceptors (Lipinski definition) is 4. The van der Waals surface area contributed by atoms with Crippen molar-refractivity contribution in [3.63, 3.8) is 0 Å². The summed E-state index contributed by atoms with van der Waals surface area (Å²) in [5.74, 6) is -0.946. The molecule has 0 aromatic heterocycles. The number of carbonyl (C=O) groups is 3. The van der Waals surface area contributed by atoms with Gasteiger partial charge in [0.15, 0.2) is 0 Å². The van der Waals surface area contributed by atoms with Crippen molar-refractivity contribution in [3.8, 4) is 0 Å². The zero-order chi connectivity index (χ0) is 20.4. The summed E-state index contributed by atoms with van der Waals surface area (Å²) in [6, 6.07) is 9.35. The SMILES string of the molecule is O=C(CN1CCC(NC(=O)C2(C(=O)O)CC3CCC2C3)CC1)Nc1ccccc1. The summed E-state index contributed by atoms with van der Waals surface area (Å²) in [6.45, 7) is 1.73. The monoisotopic (exact) mass is 399 g/mol. The first kappa shape index (κ1) is 19.9. The van der Waals surface area contributed by atoms with Gasteiger partial charge in [0.25, 0.3) is 0 Å². The van der Waals surface area contributed by atoms with Gasteiger partial charge in [-0.15, -0.1) is 0 Å². The van der Waals surface area contributed by atoms with Crippen LogP contribution in [0.2, 0.25) is 0 Å². The van der Waals surface area contributed by atoms with Crippen molar-refractivity contribution in [2.75, 3.05) is 25.0 Å². The summed E-state index contributed by atoms with van der Waals surface area (Å²) in [5.41, 5.74) is -0.445. The third-order valence-corrected chi connectivity index (χ3v) is 6.98. The van der Waals surface area contributed by atoms with E-state index in [2.05, 4.69) is 15.5 Å². The van der Waals surface area contributed by atoms with E-state index in [1.165, 1.54) is 0 Å². The number of carboxylic acid groups (broad SMARTS) is 1. The molecule has 0 spiro atoms. The van der Waals surface area contributed by atoms with E-state index >= 15 is 0 Å². The van der Waals surface area contributed by atoms with Crippen LogP contribution in [-0.4, -0.2) is 53.5 Å². The maximum atomic E-state index is 13.0. The zero-order valence-corrected chi connectivity index (χ0v) is 16.6. The molecular weight excluding hydrogens is 370 g/mol. The second-order valence-electron chi connectivity index (χ2n) is 8.79. The maximum Gasteiger partial charge on any atom is 0.319 e. The molecule has 2 amide bonds. The predicted molar refractivity (Wildman–Crippen MR) is 108 cm³/mol. The number of hydrogen-bond donors (Lipinski definition) is 3. The highest BCUT2D eigenvalue weighted by Crippen LogP contribution is 2.56. The Labute approximate surface area is 170 Å². The van der Waals surface area contributed by atoms with Crippen molar-refractivity contribution in [1.82, 2.24) is 10.2 Å². The number of nitrogens with zero attached hydrogens (tertiary/aromatic N) is 1. The molecular formula is C22H29N3O4. The Balaban J connectivity index is 1.26. The molecule has 3 unspecified atom stereocenters. The molecule has 2 saturated carbocycles. The molecule has 3 N–H and O–H groups in total. The van der Waals surface area contributed by atoms with Gasteiger partial charge in [-0.3, -0.25) is 19.3 Å². The van der Waals surface area contributed by atoms with Crippen LogP contribution < -0.4 is 10.6 Å². The molecule has 3 fully saturated rings. The van der Waals surface area contributed by atoms with Gasteiger partial charge >= 0.3 is 5.97 Å². The molecule has 2 aliphatic carbocycles. The Morgan fingerprint density at radius 3 is 2.38 bits per heavy atom. The van der Waals surface area contributed by atoms with Crippen molar-refractivity contribution >= 4 is 23.5 Å². The Hall–Kier alpha value is -2.41. The fourth-order valence-corrected chi connectivity index (χ4v) is 5.44. The molecule has 1 aromatic carbocycles. The van der Waals surface area contributed by atoms with Gasteiger partial charge in [0.05, 0.1) is 6.54 Å². The number of piperidine rings is 1. The molecule has 3 aliphatic rings. The Morgan fingerprint density at radius 2 is 1.79 bits per heavy atom. The quantitative estimate of drug-likeness (QED) is 0.637. The van der Waals surface area contributed by atoms with E-state index in [0.29, 0.717) is 32.0 Å². The topological polar surface area (TPSA) is 98.7 Å². The fraction of sp³-hybridized carbons (Fsp3) is 0.591. The van der Waals surface area contributed by atoms with Crippen molar-refractivity contribution in [3.05, 3.63) is 30.3 Å². The van der Waals surface area contributed by atoms with Crippen molar-refractivity contribution in [2.45, 2.75) is 44.6 Å². The Bertz CT molecular complexity index is 776. The molecule has 1 saturated heterocycles. The number of carboxylic acids is 1. The average molecular weight is 399 g/mol. The lowest BCUT2D eigenvalue weighted by molar-refractivity contribution is -0.160. The number of benzene rings is 1. The number of nitrogens with one attached hydrogen (secondary N) is 2. The first-order valence-electron chi connectivity index (χ1n) is 10.6. The van der Waals surface area contributed by atoms with Crippen LogP contribution in [0.1, 0.15) is 38.5 Å². The van der Waals surface area contributed by atoms with Gasteiger partial charge in [-0.25, -0.2) is 0 Å². The first-order valence-corrected chi connectivity index (χ1v) is 10.6. The molecule has 2 bridgehead atoms. The summed E-state index contributed by atoms with van der Waals surface area (Å²) in [7, 11) is 0. The van der Waals surface area contributed by atoms with E-state index in [-0.39, 0.29) is 23.8 Å². The molecule has 1 aromatic rings. The van der Waals surface area contributed by atoms with Crippen LogP contribution in [0.5, 0.6) is 0 Å². The van der Waals surface area contributed by atoms with Crippen LogP contribution >= 0.6 is 0 Å². The van der Waals surface area contributed by atoms with Crippen LogP contribution in [0.15, 0.2) is 30.3 Å². The molecule has 7 heteroatoms. The number of anilines is 1.